The molecule has 28 heavy (non-hydrogen) atoms. The number of nitrogens with zero attached hydrogens (tertiary/aromatic N) is 1. The van der Waals surface area contributed by atoms with Gasteiger partial charge in [0.15, 0.2) is 5.78 Å². The van der Waals surface area contributed by atoms with Gasteiger partial charge in [-0.05, 0) is 34.8 Å². The van der Waals surface area contributed by atoms with Crippen molar-refractivity contribution in [1.82, 2.24) is 0 Å². The van der Waals surface area contributed by atoms with Gasteiger partial charge in [-0.1, -0.05) is 91.0 Å². The van der Waals surface area contributed by atoms with E-state index in [4.69, 9.17) is 4.53 Å². The zero-order valence-corrected chi connectivity index (χ0v) is 16.8. The lowest BCUT2D eigenvalue weighted by Gasteiger charge is -2.30. The van der Waals surface area contributed by atoms with E-state index >= 15 is 0 Å². The summed E-state index contributed by atoms with van der Waals surface area (Å²) in [5.74, 6) is 0.114. The summed E-state index contributed by atoms with van der Waals surface area (Å²) in [7, 11) is -2.88. The van der Waals surface area contributed by atoms with Gasteiger partial charge >= 0.3 is 8.32 Å². The summed E-state index contributed by atoms with van der Waals surface area (Å²) in [4.78, 5) is 12.3. The number of hydrogen-bond acceptors (Lipinski definition) is 3. The van der Waals surface area contributed by atoms with E-state index in [1.807, 2.05) is 54.6 Å². The fourth-order valence-electron chi connectivity index (χ4n) is 3.76. The molecule has 0 unspecified atom stereocenters. The molecule has 1 saturated carbocycles. The van der Waals surface area contributed by atoms with Crippen molar-refractivity contribution >= 4 is 35.4 Å². The van der Waals surface area contributed by atoms with Crippen LogP contribution < -0.4 is 15.6 Å². The van der Waals surface area contributed by atoms with Gasteiger partial charge in [-0.3, -0.25) is 4.79 Å². The van der Waals surface area contributed by atoms with Crippen LogP contribution in [0.1, 0.15) is 25.7 Å². The Morgan fingerprint density at radius 3 is 1.50 bits per heavy atom. The van der Waals surface area contributed by atoms with Gasteiger partial charge in [0.25, 0.3) is 0 Å². The highest BCUT2D eigenvalue weighted by molar-refractivity contribution is 7.07. The second-order valence-electron chi connectivity index (χ2n) is 7.04. The highest BCUT2D eigenvalue weighted by atomic mass is 28.4. The molecule has 4 heteroatoms. The van der Waals surface area contributed by atoms with E-state index in [1.54, 1.807) is 0 Å². The van der Waals surface area contributed by atoms with Gasteiger partial charge in [-0.2, -0.15) is 0 Å². The van der Waals surface area contributed by atoms with Gasteiger partial charge < -0.3 is 4.53 Å². The first-order chi connectivity index (χ1) is 13.8. The van der Waals surface area contributed by atoms with Crippen molar-refractivity contribution in [3.8, 4) is 0 Å². The van der Waals surface area contributed by atoms with E-state index < -0.39 is 8.32 Å². The van der Waals surface area contributed by atoms with Gasteiger partial charge in [-0.25, -0.2) is 0 Å². The molecule has 1 aliphatic rings. The Bertz CT molecular complexity index is 859. The van der Waals surface area contributed by atoms with E-state index in [0.29, 0.717) is 18.6 Å². The normalized spacial score (nSPS) is 16.1. The van der Waals surface area contributed by atoms with Crippen LogP contribution >= 0.6 is 0 Å². The zero-order chi connectivity index (χ0) is 19.2. The number of oxime groups is 1. The molecule has 0 radical (unpaired) electrons. The van der Waals surface area contributed by atoms with Crippen LogP contribution in [0.2, 0.25) is 0 Å². The molecule has 0 aliphatic heterocycles. The third-order valence-electron chi connectivity index (χ3n) is 5.22. The molecular formula is C24H23NO2Si. The number of carbonyl (C=O) groups excluding carboxylic acids is 1. The van der Waals surface area contributed by atoms with Crippen molar-refractivity contribution in [2.24, 2.45) is 5.16 Å². The molecule has 0 amide bonds. The molecule has 0 N–H and O–H groups in total. The minimum absolute atomic E-state index is 0.114. The summed E-state index contributed by atoms with van der Waals surface area (Å²) in [6.07, 6.45) is 3.20. The molecule has 140 valence electrons. The Balaban J connectivity index is 1.91. The molecule has 4 rings (SSSR count). The van der Waals surface area contributed by atoms with E-state index in [-0.39, 0.29) is 5.78 Å². The Morgan fingerprint density at radius 1 is 0.643 bits per heavy atom. The molecule has 0 atom stereocenters. The van der Waals surface area contributed by atoms with Gasteiger partial charge in [0.2, 0.25) is 0 Å². The Hall–Kier alpha value is -2.98. The highest BCUT2D eigenvalue weighted by Crippen LogP contribution is 2.15. The second kappa shape index (κ2) is 8.36. The van der Waals surface area contributed by atoms with Gasteiger partial charge in [0, 0.05) is 6.42 Å². The molecule has 3 aromatic carbocycles. The predicted molar refractivity (Wildman–Crippen MR) is 116 cm³/mol. The lowest BCUT2D eigenvalue weighted by atomic mass is 9.97. The zero-order valence-electron chi connectivity index (χ0n) is 15.8. The van der Waals surface area contributed by atoms with Crippen molar-refractivity contribution in [3.63, 3.8) is 0 Å². The molecule has 0 bridgehead atoms. The maximum absolute atomic E-state index is 12.3. The number of Topliss-reactive ketones (excluding diaryl/α,β-unsaturated/α-hetero) is 1. The van der Waals surface area contributed by atoms with Crippen molar-refractivity contribution < 1.29 is 9.32 Å². The van der Waals surface area contributed by atoms with Crippen molar-refractivity contribution in [1.29, 1.82) is 0 Å². The summed E-state index contributed by atoms with van der Waals surface area (Å²) in [6, 6.07) is 30.9. The monoisotopic (exact) mass is 385 g/mol. The molecule has 0 heterocycles. The number of hydrogen-bond donors (Lipinski definition) is 0. The largest absolute Gasteiger partial charge is 0.438 e. The third-order valence-corrected chi connectivity index (χ3v) is 9.03. The molecule has 1 fully saturated rings. The number of carbonyl (C=O) groups is 1. The summed E-state index contributed by atoms with van der Waals surface area (Å²) in [6.45, 7) is 0. The molecule has 1 aliphatic carbocycles. The Morgan fingerprint density at radius 2 is 1.07 bits per heavy atom. The fourth-order valence-corrected chi connectivity index (χ4v) is 7.31. The van der Waals surface area contributed by atoms with Crippen molar-refractivity contribution in [2.45, 2.75) is 25.7 Å². The summed E-state index contributed by atoms with van der Waals surface area (Å²) in [5.41, 5.74) is 0.575. The lowest BCUT2D eigenvalue weighted by Crippen LogP contribution is -2.68. The van der Waals surface area contributed by atoms with Crippen LogP contribution in [0.25, 0.3) is 0 Å². The molecule has 3 nitrogen and oxygen atoms in total. The first kappa shape index (κ1) is 18.4. The standard InChI is InChI=1S/C24H23NO2Si/c26-24-19-11-10-18-23(24)25-27-28(20-12-4-1-5-13-20,21-14-6-2-7-15-21)22-16-8-3-9-17-22/h1-9,12-17H,10-11,18-19H2/b25-23-. The third kappa shape index (κ3) is 3.56. The quantitative estimate of drug-likeness (QED) is 0.384. The van der Waals surface area contributed by atoms with E-state index in [1.165, 1.54) is 0 Å². The van der Waals surface area contributed by atoms with Crippen LogP contribution in [-0.4, -0.2) is 19.8 Å². The topological polar surface area (TPSA) is 38.7 Å². The average Bonchev–Trinajstić information content (AvgIpc) is 2.78. The molecular weight excluding hydrogens is 362 g/mol. The highest BCUT2D eigenvalue weighted by Gasteiger charge is 2.45. The van der Waals surface area contributed by atoms with E-state index in [0.717, 1.165) is 28.4 Å². The molecule has 3 aromatic rings. The van der Waals surface area contributed by atoms with Crippen LogP contribution in [-0.2, 0) is 9.32 Å². The SMILES string of the molecule is O=C1CCCC/C1=N/O[Si](c1ccccc1)(c1ccccc1)c1ccccc1. The minimum Gasteiger partial charge on any atom is -0.438 e. The maximum atomic E-state index is 12.3. The summed E-state index contributed by atoms with van der Waals surface area (Å²) >= 11 is 0. The summed E-state index contributed by atoms with van der Waals surface area (Å²) in [5, 5.41) is 7.83. The number of benzene rings is 3. The average molecular weight is 386 g/mol. The number of rotatable bonds is 5. The van der Waals surface area contributed by atoms with Crippen LogP contribution in [0.3, 0.4) is 0 Å². The van der Waals surface area contributed by atoms with Crippen LogP contribution in [0.4, 0.5) is 0 Å². The van der Waals surface area contributed by atoms with Crippen LogP contribution in [0, 0.1) is 0 Å². The van der Waals surface area contributed by atoms with E-state index in [2.05, 4.69) is 41.6 Å². The first-order valence-corrected chi connectivity index (χ1v) is 11.7. The molecule has 0 saturated heterocycles. The smallest absolute Gasteiger partial charge is 0.380 e. The predicted octanol–water partition coefficient (Wildman–Crippen LogP) is 3.17. The van der Waals surface area contributed by atoms with Crippen molar-refractivity contribution in [3.05, 3.63) is 91.0 Å². The van der Waals surface area contributed by atoms with Gasteiger partial charge in [-0.15, -0.1) is 5.16 Å². The maximum Gasteiger partial charge on any atom is 0.380 e. The van der Waals surface area contributed by atoms with Crippen LogP contribution in [0.15, 0.2) is 96.2 Å². The van der Waals surface area contributed by atoms with Gasteiger partial charge in [0.05, 0.1) is 0 Å². The van der Waals surface area contributed by atoms with Crippen molar-refractivity contribution in [2.75, 3.05) is 0 Å². The van der Waals surface area contributed by atoms with Crippen LogP contribution in [0.5, 0.6) is 0 Å². The second-order valence-corrected chi connectivity index (χ2v) is 10.3. The lowest BCUT2D eigenvalue weighted by molar-refractivity contribution is -0.113. The van der Waals surface area contributed by atoms with E-state index in [9.17, 15) is 4.79 Å². The molecule has 0 spiro atoms. The first-order valence-electron chi connectivity index (χ1n) is 9.75. The Labute approximate surface area is 166 Å². The Kier molecular flexibility index (Phi) is 5.49. The fraction of sp³-hybridized carbons (Fsp3) is 0.167. The summed E-state index contributed by atoms with van der Waals surface area (Å²) < 4.78 is 6.50. The van der Waals surface area contributed by atoms with Gasteiger partial charge in [0.1, 0.15) is 5.71 Å². The minimum atomic E-state index is -2.88. The molecule has 0 aromatic heterocycles. The number of ketones is 1.